The average molecular weight is 559 g/mol. The number of benzene rings is 1. The van der Waals surface area contributed by atoms with E-state index in [-0.39, 0.29) is 61.8 Å². The van der Waals surface area contributed by atoms with Gasteiger partial charge in [-0.3, -0.25) is 9.80 Å². The highest BCUT2D eigenvalue weighted by molar-refractivity contribution is 6.00. The van der Waals surface area contributed by atoms with Gasteiger partial charge in [-0.05, 0) is 30.0 Å². The molecule has 40 heavy (non-hydrogen) atoms. The Morgan fingerprint density at radius 2 is 1.98 bits per heavy atom. The molecule has 1 amide bonds. The minimum Gasteiger partial charge on any atom is -0.474 e. The summed E-state index contributed by atoms with van der Waals surface area (Å²) < 4.78 is 53.0. The molecule has 2 bridgehead atoms. The number of nitrogens with two attached hydrogens (primary N) is 1. The monoisotopic (exact) mass is 558 g/mol. The molecule has 1 aromatic carbocycles. The maximum absolute atomic E-state index is 15.6. The molecule has 3 aromatic rings. The number of carboxylic acid groups (broad SMARTS) is 1. The maximum Gasteiger partial charge on any atom is 0.413 e. The Kier molecular flexibility index (Phi) is 6.78. The number of pyridine rings is 2. The zero-order chi connectivity index (χ0) is 28.1. The van der Waals surface area contributed by atoms with Gasteiger partial charge >= 0.3 is 6.09 Å². The van der Waals surface area contributed by atoms with Gasteiger partial charge in [0.15, 0.2) is 5.82 Å². The number of rotatable bonds is 5. The lowest BCUT2D eigenvalue weighted by atomic mass is 9.81. The number of carbonyl (C=O) groups is 1. The van der Waals surface area contributed by atoms with Crippen LogP contribution in [0.3, 0.4) is 0 Å². The lowest BCUT2D eigenvalue weighted by molar-refractivity contribution is -0.0659. The third-order valence-corrected chi connectivity index (χ3v) is 7.98. The highest BCUT2D eigenvalue weighted by Gasteiger charge is 2.46. The summed E-state index contributed by atoms with van der Waals surface area (Å²) in [5, 5.41) is 14.4. The summed E-state index contributed by atoms with van der Waals surface area (Å²) in [7, 11) is 0. The number of anilines is 3. The van der Waals surface area contributed by atoms with Gasteiger partial charge in [-0.2, -0.15) is 0 Å². The Hall–Kier alpha value is -3.84. The Balaban J connectivity index is 1.41. The number of hydrogen-bond donors (Lipinski definition) is 3. The van der Waals surface area contributed by atoms with Crippen LogP contribution in [0.1, 0.15) is 5.56 Å². The van der Waals surface area contributed by atoms with Crippen LogP contribution in [0.15, 0.2) is 24.5 Å². The molecule has 0 radical (unpaired) electrons. The van der Waals surface area contributed by atoms with Gasteiger partial charge in [-0.1, -0.05) is 0 Å². The molecule has 0 aliphatic carbocycles. The molecule has 13 heteroatoms. The Bertz CT molecular complexity index is 1460. The molecule has 3 aliphatic rings. The maximum atomic E-state index is 15.6. The molecular formula is C27H29F3N6O4. The minimum absolute atomic E-state index is 0.111. The van der Waals surface area contributed by atoms with Gasteiger partial charge in [0.1, 0.15) is 18.1 Å². The summed E-state index contributed by atoms with van der Waals surface area (Å²) in [5.74, 6) is -0.659. The number of nitrogens with zero attached hydrogens (tertiary/aromatic N) is 4. The first-order valence-electron chi connectivity index (χ1n) is 13.1. The van der Waals surface area contributed by atoms with Gasteiger partial charge in [0.25, 0.3) is 6.43 Å². The third kappa shape index (κ3) is 4.52. The van der Waals surface area contributed by atoms with Crippen molar-refractivity contribution in [2.45, 2.75) is 19.4 Å². The van der Waals surface area contributed by atoms with Gasteiger partial charge in [0.2, 0.25) is 5.88 Å². The van der Waals surface area contributed by atoms with E-state index in [1.807, 2.05) is 6.92 Å². The van der Waals surface area contributed by atoms with Gasteiger partial charge in [0.05, 0.1) is 31.5 Å². The van der Waals surface area contributed by atoms with Crippen LogP contribution in [0.2, 0.25) is 0 Å². The predicted octanol–water partition coefficient (Wildman–Crippen LogP) is 3.83. The fourth-order valence-corrected chi connectivity index (χ4v) is 6.26. The third-order valence-electron chi connectivity index (χ3n) is 7.98. The van der Waals surface area contributed by atoms with Crippen molar-refractivity contribution in [1.82, 2.24) is 14.9 Å². The minimum atomic E-state index is -2.48. The number of fused-ring (bicyclic) bond motifs is 4. The second-order valence-corrected chi connectivity index (χ2v) is 10.5. The van der Waals surface area contributed by atoms with E-state index in [9.17, 15) is 18.7 Å². The molecule has 6 rings (SSSR count). The smallest absolute Gasteiger partial charge is 0.413 e. The number of amides is 1. The first kappa shape index (κ1) is 26.4. The van der Waals surface area contributed by atoms with Crippen LogP contribution < -0.4 is 20.7 Å². The largest absolute Gasteiger partial charge is 0.474 e. The molecule has 3 atom stereocenters. The molecule has 10 nitrogen and oxygen atoms in total. The number of halogens is 3. The molecule has 2 saturated heterocycles. The zero-order valence-corrected chi connectivity index (χ0v) is 21.7. The van der Waals surface area contributed by atoms with E-state index in [1.165, 1.54) is 17.3 Å². The van der Waals surface area contributed by atoms with Crippen LogP contribution in [0.25, 0.3) is 21.9 Å². The van der Waals surface area contributed by atoms with E-state index >= 15 is 4.39 Å². The molecule has 5 heterocycles. The number of piperidine rings is 1. The second kappa shape index (κ2) is 10.3. The number of nitrogens with one attached hydrogen (secondary N) is 1. The van der Waals surface area contributed by atoms with Crippen LogP contribution >= 0.6 is 0 Å². The quantitative estimate of drug-likeness (QED) is 0.401. The lowest BCUT2D eigenvalue weighted by Crippen LogP contribution is -2.63. The van der Waals surface area contributed by atoms with Crippen LogP contribution in [-0.4, -0.2) is 84.5 Å². The van der Waals surface area contributed by atoms with Gasteiger partial charge in [-0.15, -0.1) is 0 Å². The number of alkyl halides is 2. The van der Waals surface area contributed by atoms with Crippen LogP contribution in [0.4, 0.5) is 35.2 Å². The van der Waals surface area contributed by atoms with Gasteiger partial charge in [0, 0.05) is 60.4 Å². The van der Waals surface area contributed by atoms with Crippen molar-refractivity contribution in [3.63, 3.8) is 0 Å². The van der Waals surface area contributed by atoms with Gasteiger partial charge < -0.3 is 25.6 Å². The molecule has 2 fully saturated rings. The lowest BCUT2D eigenvalue weighted by Gasteiger charge is -2.49. The van der Waals surface area contributed by atoms with Crippen LogP contribution in [-0.2, 0) is 4.74 Å². The van der Waals surface area contributed by atoms with Crippen molar-refractivity contribution in [2.24, 2.45) is 11.8 Å². The number of likely N-dealkylation sites (tertiary alicyclic amines) is 1. The fourth-order valence-electron chi connectivity index (χ4n) is 6.26. The average Bonchev–Trinajstić information content (AvgIpc) is 2.91. The number of ether oxygens (including phenoxy) is 2. The summed E-state index contributed by atoms with van der Waals surface area (Å²) in [4.78, 5) is 24.2. The van der Waals surface area contributed by atoms with Crippen molar-refractivity contribution in [1.29, 1.82) is 0 Å². The number of nitrogen functional groups attached to an aromatic ring is 1. The summed E-state index contributed by atoms with van der Waals surface area (Å²) in [5.41, 5.74) is 8.27. The molecule has 3 aliphatic heterocycles. The van der Waals surface area contributed by atoms with Crippen LogP contribution in [0.5, 0.6) is 5.88 Å². The van der Waals surface area contributed by atoms with E-state index in [1.54, 1.807) is 17.0 Å². The first-order chi connectivity index (χ1) is 19.2. The van der Waals surface area contributed by atoms with E-state index in [4.69, 9.17) is 15.2 Å². The molecule has 212 valence electrons. The number of aromatic nitrogens is 2. The van der Waals surface area contributed by atoms with Crippen molar-refractivity contribution in [3.8, 4) is 17.0 Å². The summed E-state index contributed by atoms with van der Waals surface area (Å²) in [6, 6.07) is 2.68. The van der Waals surface area contributed by atoms with E-state index in [0.29, 0.717) is 41.1 Å². The van der Waals surface area contributed by atoms with Crippen molar-refractivity contribution in [3.05, 3.63) is 35.9 Å². The highest BCUT2D eigenvalue weighted by atomic mass is 19.3. The molecule has 0 spiro atoms. The standard InChI is InChI=1S/C27H29F3N6O4/c1-13-18(6-34-26-24(13)32-2-3-40-26)17-4-14-5-21(33-7-19(14)23(31)22(17)30)36(27(37)38)25-15-8-35(10-20(28)29)9-16(25)12-39-11-15/h4-7,15-16,20,25,32H,2-3,8-12,31H2,1H3,(H,37,38)/t15-,16+,25-. The SMILES string of the molecule is Cc1c(-c2cc3cc(N(C(=O)O)[C@H]4[C@@H]5COC[C@H]4CN(CC(F)F)C5)ncc3c(N)c2F)cnc2c1NCCO2. The molecule has 2 aromatic heterocycles. The Morgan fingerprint density at radius 1 is 1.23 bits per heavy atom. The summed E-state index contributed by atoms with van der Waals surface area (Å²) in [6.07, 6.45) is -0.792. The number of hydrogen-bond acceptors (Lipinski definition) is 8. The summed E-state index contributed by atoms with van der Waals surface area (Å²) >= 11 is 0. The van der Waals surface area contributed by atoms with Gasteiger partial charge in [-0.25, -0.2) is 27.9 Å². The van der Waals surface area contributed by atoms with Crippen LogP contribution in [0, 0.1) is 24.6 Å². The second-order valence-electron chi connectivity index (χ2n) is 10.5. The fraction of sp³-hybridized carbons (Fsp3) is 0.444. The molecule has 4 N–H and O–H groups in total. The topological polar surface area (TPSA) is 126 Å². The Morgan fingerprint density at radius 3 is 2.67 bits per heavy atom. The summed E-state index contributed by atoms with van der Waals surface area (Å²) in [6.45, 7) is 3.61. The van der Waals surface area contributed by atoms with Crippen molar-refractivity contribution in [2.75, 3.05) is 62.0 Å². The molecule has 0 unspecified atom stereocenters. The van der Waals surface area contributed by atoms with E-state index in [0.717, 1.165) is 5.56 Å². The normalized spacial score (nSPS) is 22.5. The van der Waals surface area contributed by atoms with Crippen molar-refractivity contribution >= 4 is 34.1 Å². The first-order valence-corrected chi connectivity index (χ1v) is 13.1. The van der Waals surface area contributed by atoms with Crippen molar-refractivity contribution < 1.29 is 32.5 Å². The zero-order valence-electron chi connectivity index (χ0n) is 21.7. The van der Waals surface area contributed by atoms with E-state index < -0.39 is 24.4 Å². The van der Waals surface area contributed by atoms with E-state index in [2.05, 4.69) is 15.3 Å². The molecular weight excluding hydrogens is 529 g/mol. The highest BCUT2D eigenvalue weighted by Crippen LogP contribution is 2.41. The predicted molar refractivity (Wildman–Crippen MR) is 143 cm³/mol. The molecule has 0 saturated carbocycles. The Labute approximate surface area is 227 Å².